The minimum atomic E-state index is -0.392. The number of carbonyl (C=O) groups is 2. The molecule has 1 aromatic carbocycles. The fourth-order valence-electron chi connectivity index (χ4n) is 2.54. The van der Waals surface area contributed by atoms with Gasteiger partial charge in [0, 0.05) is 31.2 Å². The monoisotopic (exact) mass is 257 g/mol. The molecule has 0 spiro atoms. The molecule has 1 fully saturated rings. The lowest BCUT2D eigenvalue weighted by atomic mass is 10.1. The van der Waals surface area contributed by atoms with Gasteiger partial charge in [-0.2, -0.15) is 0 Å². The second-order valence-electron chi connectivity index (χ2n) is 4.98. The molecule has 1 aliphatic heterocycles. The molecular formula is C14H15N3O2. The van der Waals surface area contributed by atoms with Crippen LogP contribution in [0.3, 0.4) is 0 Å². The minimum absolute atomic E-state index is 0.00188. The topological polar surface area (TPSA) is 79.2 Å². The number of hydrogen-bond donors (Lipinski definition) is 2. The van der Waals surface area contributed by atoms with Gasteiger partial charge in [-0.3, -0.25) is 9.59 Å². The molecule has 5 nitrogen and oxygen atoms in total. The quantitative estimate of drug-likeness (QED) is 0.860. The number of carbonyl (C=O) groups excluding carboxylic acids is 2. The number of nitrogens with zero attached hydrogens (tertiary/aromatic N) is 1. The molecule has 1 aliphatic rings. The van der Waals surface area contributed by atoms with Crippen LogP contribution < -0.4 is 5.73 Å². The fraction of sp³-hybridized carbons (Fsp3) is 0.286. The lowest BCUT2D eigenvalue weighted by Crippen LogP contribution is -2.28. The van der Waals surface area contributed by atoms with Crippen molar-refractivity contribution in [3.8, 4) is 0 Å². The van der Waals surface area contributed by atoms with E-state index in [-0.39, 0.29) is 18.2 Å². The zero-order valence-corrected chi connectivity index (χ0v) is 10.4. The van der Waals surface area contributed by atoms with Crippen LogP contribution in [0.4, 0.5) is 0 Å². The maximum Gasteiger partial charge on any atom is 0.223 e. The number of primary amides is 1. The predicted molar refractivity (Wildman–Crippen MR) is 71.0 cm³/mol. The van der Waals surface area contributed by atoms with E-state index in [0.29, 0.717) is 13.1 Å². The predicted octanol–water partition coefficient (Wildman–Crippen LogP) is 1.00. The van der Waals surface area contributed by atoms with Crippen LogP contribution >= 0.6 is 0 Å². The van der Waals surface area contributed by atoms with Gasteiger partial charge in [-0.15, -0.1) is 0 Å². The first-order valence-electron chi connectivity index (χ1n) is 6.26. The number of nitrogens with one attached hydrogen (secondary N) is 1. The molecule has 2 aromatic rings. The number of aromatic amines is 1. The van der Waals surface area contributed by atoms with Crippen LogP contribution in [0.1, 0.15) is 12.0 Å². The van der Waals surface area contributed by atoms with Crippen molar-refractivity contribution in [3.63, 3.8) is 0 Å². The molecule has 3 N–H and O–H groups in total. The number of benzene rings is 1. The first kappa shape index (κ1) is 11.8. The van der Waals surface area contributed by atoms with E-state index in [4.69, 9.17) is 5.73 Å². The molecule has 1 atom stereocenters. The smallest absolute Gasteiger partial charge is 0.223 e. The highest BCUT2D eigenvalue weighted by atomic mass is 16.2. The Kier molecular flexibility index (Phi) is 2.74. The van der Waals surface area contributed by atoms with Crippen molar-refractivity contribution in [1.29, 1.82) is 0 Å². The largest absolute Gasteiger partial charge is 0.369 e. The van der Waals surface area contributed by atoms with E-state index >= 15 is 0 Å². The zero-order chi connectivity index (χ0) is 13.4. The van der Waals surface area contributed by atoms with Gasteiger partial charge in [-0.05, 0) is 29.1 Å². The first-order chi connectivity index (χ1) is 9.13. The Morgan fingerprint density at radius 1 is 1.42 bits per heavy atom. The van der Waals surface area contributed by atoms with E-state index in [2.05, 4.69) is 11.1 Å². The van der Waals surface area contributed by atoms with Crippen molar-refractivity contribution in [2.45, 2.75) is 13.0 Å². The summed E-state index contributed by atoms with van der Waals surface area (Å²) in [6.45, 7) is 0.961. The highest BCUT2D eigenvalue weighted by Gasteiger charge is 2.32. The summed E-state index contributed by atoms with van der Waals surface area (Å²) in [5.41, 5.74) is 7.39. The SMILES string of the molecule is NC(=O)C1CC(=O)N(Cc2ccc3[nH]ccc3c2)C1. The Bertz CT molecular complexity index is 647. The Hall–Kier alpha value is -2.30. The van der Waals surface area contributed by atoms with Crippen molar-refractivity contribution in [2.24, 2.45) is 11.7 Å². The summed E-state index contributed by atoms with van der Waals surface area (Å²) in [5.74, 6) is -0.738. The van der Waals surface area contributed by atoms with Crippen LogP contribution in [0.2, 0.25) is 0 Å². The Labute approximate surface area is 110 Å². The summed E-state index contributed by atoms with van der Waals surface area (Å²) in [5, 5.41) is 1.12. The number of amides is 2. The summed E-state index contributed by atoms with van der Waals surface area (Å²) in [6.07, 6.45) is 2.13. The van der Waals surface area contributed by atoms with Crippen molar-refractivity contribution < 1.29 is 9.59 Å². The highest BCUT2D eigenvalue weighted by Crippen LogP contribution is 2.21. The summed E-state index contributed by atoms with van der Waals surface area (Å²) >= 11 is 0. The van der Waals surface area contributed by atoms with E-state index in [1.165, 1.54) is 0 Å². The van der Waals surface area contributed by atoms with Crippen molar-refractivity contribution in [3.05, 3.63) is 36.0 Å². The molecule has 0 aliphatic carbocycles. The molecule has 98 valence electrons. The van der Waals surface area contributed by atoms with E-state index in [9.17, 15) is 9.59 Å². The molecule has 0 saturated carbocycles. The van der Waals surface area contributed by atoms with Gasteiger partial charge in [0.15, 0.2) is 0 Å². The van der Waals surface area contributed by atoms with Crippen LogP contribution in [-0.2, 0) is 16.1 Å². The maximum absolute atomic E-state index is 11.8. The summed E-state index contributed by atoms with van der Waals surface area (Å²) in [4.78, 5) is 27.8. The van der Waals surface area contributed by atoms with Crippen molar-refractivity contribution >= 4 is 22.7 Å². The molecule has 5 heteroatoms. The van der Waals surface area contributed by atoms with Crippen LogP contribution in [0.15, 0.2) is 30.5 Å². The van der Waals surface area contributed by atoms with Gasteiger partial charge in [-0.1, -0.05) is 6.07 Å². The van der Waals surface area contributed by atoms with Gasteiger partial charge in [-0.25, -0.2) is 0 Å². The number of hydrogen-bond acceptors (Lipinski definition) is 2. The Balaban J connectivity index is 1.77. The third kappa shape index (κ3) is 2.19. The minimum Gasteiger partial charge on any atom is -0.369 e. The molecular weight excluding hydrogens is 242 g/mol. The molecule has 1 saturated heterocycles. The van der Waals surface area contributed by atoms with Crippen molar-refractivity contribution in [1.82, 2.24) is 9.88 Å². The van der Waals surface area contributed by atoms with Crippen LogP contribution in [0, 0.1) is 5.92 Å². The van der Waals surface area contributed by atoms with Gasteiger partial charge in [0.25, 0.3) is 0 Å². The molecule has 0 radical (unpaired) electrons. The first-order valence-corrected chi connectivity index (χ1v) is 6.26. The number of H-pyrrole nitrogens is 1. The van der Waals surface area contributed by atoms with E-state index in [1.54, 1.807) is 4.90 Å². The number of aromatic nitrogens is 1. The molecule has 1 aromatic heterocycles. The Morgan fingerprint density at radius 2 is 2.26 bits per heavy atom. The number of fused-ring (bicyclic) bond motifs is 1. The molecule has 2 amide bonds. The number of nitrogens with two attached hydrogens (primary N) is 1. The lowest BCUT2D eigenvalue weighted by Gasteiger charge is -2.16. The van der Waals surface area contributed by atoms with Crippen LogP contribution in [0.5, 0.6) is 0 Å². The number of likely N-dealkylation sites (tertiary alicyclic amines) is 1. The number of rotatable bonds is 3. The zero-order valence-electron chi connectivity index (χ0n) is 10.4. The normalized spacial score (nSPS) is 19.3. The van der Waals surface area contributed by atoms with Crippen LogP contribution in [-0.4, -0.2) is 28.2 Å². The molecule has 0 bridgehead atoms. The second kappa shape index (κ2) is 4.42. The van der Waals surface area contributed by atoms with Gasteiger partial charge in [0.2, 0.25) is 11.8 Å². The van der Waals surface area contributed by atoms with E-state index in [0.717, 1.165) is 16.5 Å². The van der Waals surface area contributed by atoms with Gasteiger partial charge < -0.3 is 15.6 Å². The highest BCUT2D eigenvalue weighted by molar-refractivity contribution is 5.88. The molecule has 3 rings (SSSR count). The van der Waals surface area contributed by atoms with E-state index < -0.39 is 5.91 Å². The summed E-state index contributed by atoms with van der Waals surface area (Å²) in [7, 11) is 0. The second-order valence-corrected chi connectivity index (χ2v) is 4.98. The summed E-state index contributed by atoms with van der Waals surface area (Å²) < 4.78 is 0. The van der Waals surface area contributed by atoms with Gasteiger partial charge in [0.05, 0.1) is 5.92 Å². The lowest BCUT2D eigenvalue weighted by molar-refractivity contribution is -0.128. The third-order valence-electron chi connectivity index (χ3n) is 3.61. The fourth-order valence-corrected chi connectivity index (χ4v) is 2.54. The molecule has 1 unspecified atom stereocenters. The van der Waals surface area contributed by atoms with Crippen LogP contribution in [0.25, 0.3) is 10.9 Å². The third-order valence-corrected chi connectivity index (χ3v) is 3.61. The standard InChI is InChI=1S/C14H15N3O2/c15-14(19)11-6-13(18)17(8-11)7-9-1-2-12-10(5-9)3-4-16-12/h1-5,11,16H,6-8H2,(H2,15,19). The van der Waals surface area contributed by atoms with E-state index in [1.807, 2.05) is 24.4 Å². The van der Waals surface area contributed by atoms with Gasteiger partial charge in [0.1, 0.15) is 0 Å². The average Bonchev–Trinajstić information content (AvgIpc) is 2.96. The summed E-state index contributed by atoms with van der Waals surface area (Å²) in [6, 6.07) is 8.04. The molecule has 2 heterocycles. The average molecular weight is 257 g/mol. The molecule has 19 heavy (non-hydrogen) atoms. The maximum atomic E-state index is 11.8. The Morgan fingerprint density at radius 3 is 3.00 bits per heavy atom. The van der Waals surface area contributed by atoms with Gasteiger partial charge >= 0.3 is 0 Å². The van der Waals surface area contributed by atoms with Crippen molar-refractivity contribution in [2.75, 3.05) is 6.54 Å².